The molecule has 0 aliphatic carbocycles. The summed E-state index contributed by atoms with van der Waals surface area (Å²) in [6.45, 7) is 3.49. The molecule has 116 valence electrons. The zero-order valence-electron chi connectivity index (χ0n) is 11.8. The monoisotopic (exact) mass is 300 g/mol. The summed E-state index contributed by atoms with van der Waals surface area (Å²) in [5.41, 5.74) is -0.204. The molecule has 1 aromatic rings. The number of piperidine rings is 1. The van der Waals surface area contributed by atoms with E-state index in [9.17, 15) is 18.0 Å². The molecule has 1 amide bonds. The highest BCUT2D eigenvalue weighted by atomic mass is 19.2. The van der Waals surface area contributed by atoms with Gasteiger partial charge in [0.2, 0.25) is 0 Å². The van der Waals surface area contributed by atoms with E-state index < -0.39 is 23.4 Å². The molecule has 3 nitrogen and oxygen atoms in total. The van der Waals surface area contributed by atoms with Crippen molar-refractivity contribution in [2.24, 2.45) is 0 Å². The van der Waals surface area contributed by atoms with E-state index in [2.05, 4.69) is 10.2 Å². The largest absolute Gasteiger partial charge is 0.352 e. The number of nitrogens with one attached hydrogen (secondary N) is 1. The maximum atomic E-state index is 13.0. The summed E-state index contributed by atoms with van der Waals surface area (Å²) in [5.74, 6) is -4.86. The normalized spacial score (nSPS) is 16.0. The van der Waals surface area contributed by atoms with Crippen molar-refractivity contribution in [2.75, 3.05) is 26.2 Å². The Morgan fingerprint density at radius 1 is 1.10 bits per heavy atom. The van der Waals surface area contributed by atoms with Gasteiger partial charge in [0, 0.05) is 12.1 Å². The number of nitrogens with zero attached hydrogens (tertiary/aromatic N) is 1. The molecule has 0 bridgehead atoms. The van der Waals surface area contributed by atoms with Crippen LogP contribution >= 0.6 is 0 Å². The van der Waals surface area contributed by atoms with Crippen LogP contribution in [0.25, 0.3) is 0 Å². The van der Waals surface area contributed by atoms with Gasteiger partial charge < -0.3 is 10.2 Å². The predicted molar refractivity (Wildman–Crippen MR) is 73.6 cm³/mol. The number of benzene rings is 1. The molecule has 0 atom stereocenters. The third-order valence-corrected chi connectivity index (χ3v) is 3.63. The fraction of sp³-hybridized carbons (Fsp3) is 0.533. The highest BCUT2D eigenvalue weighted by Crippen LogP contribution is 2.13. The van der Waals surface area contributed by atoms with Gasteiger partial charge in [-0.05, 0) is 51.0 Å². The summed E-state index contributed by atoms with van der Waals surface area (Å²) >= 11 is 0. The first-order chi connectivity index (χ1) is 10.1. The highest BCUT2D eigenvalue weighted by molar-refractivity contribution is 5.94. The standard InChI is InChI=1S/C15H19F3N2O/c16-12-9-11(10-13(17)14(12)18)15(21)19-5-4-8-20-6-2-1-3-7-20/h9-10H,1-8H2,(H,19,21). The highest BCUT2D eigenvalue weighted by Gasteiger charge is 2.15. The van der Waals surface area contributed by atoms with E-state index in [1.165, 1.54) is 19.3 Å². The third-order valence-electron chi connectivity index (χ3n) is 3.63. The Bertz CT molecular complexity index is 479. The first-order valence-electron chi connectivity index (χ1n) is 7.23. The van der Waals surface area contributed by atoms with Crippen molar-refractivity contribution in [3.63, 3.8) is 0 Å². The second kappa shape index (κ2) is 7.45. The molecular weight excluding hydrogens is 281 g/mol. The number of hydrogen-bond donors (Lipinski definition) is 1. The van der Waals surface area contributed by atoms with E-state index in [-0.39, 0.29) is 5.56 Å². The number of likely N-dealkylation sites (tertiary alicyclic amines) is 1. The number of carbonyl (C=O) groups is 1. The molecule has 2 rings (SSSR count). The molecule has 0 unspecified atom stereocenters. The van der Waals surface area contributed by atoms with Crippen LogP contribution in [0.15, 0.2) is 12.1 Å². The Morgan fingerprint density at radius 3 is 2.33 bits per heavy atom. The first kappa shape index (κ1) is 15.8. The molecule has 1 heterocycles. The molecule has 1 aliphatic heterocycles. The van der Waals surface area contributed by atoms with Gasteiger partial charge in [0.15, 0.2) is 17.5 Å². The maximum Gasteiger partial charge on any atom is 0.251 e. The summed E-state index contributed by atoms with van der Waals surface area (Å²) in [6, 6.07) is 1.41. The molecule has 1 aliphatic rings. The van der Waals surface area contributed by atoms with Gasteiger partial charge in [-0.25, -0.2) is 13.2 Å². The number of carbonyl (C=O) groups excluding carboxylic acids is 1. The topological polar surface area (TPSA) is 32.3 Å². The second-order valence-electron chi connectivity index (χ2n) is 5.27. The fourth-order valence-electron chi connectivity index (χ4n) is 2.48. The smallest absolute Gasteiger partial charge is 0.251 e. The lowest BCUT2D eigenvalue weighted by atomic mass is 10.1. The SMILES string of the molecule is O=C(NCCCN1CCCCC1)c1cc(F)c(F)c(F)c1. The molecule has 6 heteroatoms. The molecule has 0 spiro atoms. The summed E-state index contributed by atoms with van der Waals surface area (Å²) in [5, 5.41) is 2.59. The van der Waals surface area contributed by atoms with Gasteiger partial charge in [0.1, 0.15) is 0 Å². The van der Waals surface area contributed by atoms with Crippen molar-refractivity contribution in [3.05, 3.63) is 35.1 Å². The minimum Gasteiger partial charge on any atom is -0.352 e. The van der Waals surface area contributed by atoms with Gasteiger partial charge in [-0.3, -0.25) is 4.79 Å². The zero-order valence-corrected chi connectivity index (χ0v) is 11.8. The Labute approximate surface area is 122 Å². The average molecular weight is 300 g/mol. The fourth-order valence-corrected chi connectivity index (χ4v) is 2.48. The number of rotatable bonds is 5. The van der Waals surface area contributed by atoms with E-state index in [0.717, 1.165) is 26.1 Å². The summed E-state index contributed by atoms with van der Waals surface area (Å²) < 4.78 is 38.9. The van der Waals surface area contributed by atoms with Gasteiger partial charge in [-0.1, -0.05) is 6.42 Å². The Kier molecular flexibility index (Phi) is 5.61. The minimum atomic E-state index is -1.56. The number of halogens is 3. The zero-order chi connectivity index (χ0) is 15.2. The van der Waals surface area contributed by atoms with Gasteiger partial charge >= 0.3 is 0 Å². The Balaban J connectivity index is 1.76. The first-order valence-corrected chi connectivity index (χ1v) is 7.23. The van der Waals surface area contributed by atoms with Crippen molar-refractivity contribution >= 4 is 5.91 Å². The van der Waals surface area contributed by atoms with Gasteiger partial charge in [0.25, 0.3) is 5.91 Å². The Morgan fingerprint density at radius 2 is 1.71 bits per heavy atom. The molecule has 0 aromatic heterocycles. The molecule has 1 aromatic carbocycles. The van der Waals surface area contributed by atoms with Crippen molar-refractivity contribution in [1.82, 2.24) is 10.2 Å². The van der Waals surface area contributed by atoms with E-state index in [1.807, 2.05) is 0 Å². The van der Waals surface area contributed by atoms with Crippen LogP contribution in [-0.2, 0) is 0 Å². The van der Waals surface area contributed by atoms with Gasteiger partial charge in [0.05, 0.1) is 0 Å². The molecule has 0 radical (unpaired) electrons. The number of amides is 1. The molecule has 0 saturated carbocycles. The van der Waals surface area contributed by atoms with Crippen LogP contribution in [0.2, 0.25) is 0 Å². The summed E-state index contributed by atoms with van der Waals surface area (Å²) in [6.07, 6.45) is 4.47. The summed E-state index contributed by atoms with van der Waals surface area (Å²) in [7, 11) is 0. The van der Waals surface area contributed by atoms with Crippen molar-refractivity contribution in [3.8, 4) is 0 Å². The molecule has 21 heavy (non-hydrogen) atoms. The summed E-state index contributed by atoms with van der Waals surface area (Å²) in [4.78, 5) is 14.1. The Hall–Kier alpha value is -1.56. The maximum absolute atomic E-state index is 13.0. The van der Waals surface area contributed by atoms with Crippen LogP contribution in [-0.4, -0.2) is 37.0 Å². The van der Waals surface area contributed by atoms with Crippen LogP contribution in [0.4, 0.5) is 13.2 Å². The van der Waals surface area contributed by atoms with Crippen molar-refractivity contribution in [1.29, 1.82) is 0 Å². The average Bonchev–Trinajstić information content (AvgIpc) is 2.49. The van der Waals surface area contributed by atoms with E-state index >= 15 is 0 Å². The number of hydrogen-bond acceptors (Lipinski definition) is 2. The minimum absolute atomic E-state index is 0.204. The lowest BCUT2D eigenvalue weighted by Gasteiger charge is -2.26. The second-order valence-corrected chi connectivity index (χ2v) is 5.27. The lowest BCUT2D eigenvalue weighted by Crippen LogP contribution is -2.33. The van der Waals surface area contributed by atoms with E-state index in [4.69, 9.17) is 0 Å². The third kappa shape index (κ3) is 4.46. The molecule has 1 saturated heterocycles. The van der Waals surface area contributed by atoms with Crippen molar-refractivity contribution < 1.29 is 18.0 Å². The van der Waals surface area contributed by atoms with Crippen LogP contribution in [0.1, 0.15) is 36.0 Å². The van der Waals surface area contributed by atoms with Crippen LogP contribution in [0.3, 0.4) is 0 Å². The van der Waals surface area contributed by atoms with Gasteiger partial charge in [-0.2, -0.15) is 0 Å². The van der Waals surface area contributed by atoms with Gasteiger partial charge in [-0.15, -0.1) is 0 Å². The van der Waals surface area contributed by atoms with E-state index in [1.54, 1.807) is 0 Å². The van der Waals surface area contributed by atoms with Crippen molar-refractivity contribution in [2.45, 2.75) is 25.7 Å². The quantitative estimate of drug-likeness (QED) is 0.670. The predicted octanol–water partition coefficient (Wildman–Crippen LogP) is 2.71. The van der Waals surface area contributed by atoms with Crippen LogP contribution in [0, 0.1) is 17.5 Å². The van der Waals surface area contributed by atoms with E-state index in [0.29, 0.717) is 18.7 Å². The molecular formula is C15H19F3N2O. The molecule has 1 fully saturated rings. The lowest BCUT2D eigenvalue weighted by molar-refractivity contribution is 0.0950. The van der Waals surface area contributed by atoms with Crippen LogP contribution < -0.4 is 5.32 Å². The molecule has 1 N–H and O–H groups in total. The van der Waals surface area contributed by atoms with Crippen LogP contribution in [0.5, 0.6) is 0 Å².